The van der Waals surface area contributed by atoms with Crippen LogP contribution in [0, 0.1) is 5.82 Å². The lowest BCUT2D eigenvalue weighted by molar-refractivity contribution is 0.277. The summed E-state index contributed by atoms with van der Waals surface area (Å²) in [6.45, 7) is 1.73. The Morgan fingerprint density at radius 2 is 2.25 bits per heavy atom. The average molecular weight is 294 g/mol. The van der Waals surface area contributed by atoms with Crippen molar-refractivity contribution in [3.05, 3.63) is 51.7 Å². The van der Waals surface area contributed by atoms with Gasteiger partial charge < -0.3 is 10.1 Å². The lowest BCUT2D eigenvalue weighted by Gasteiger charge is -2.08. The normalized spacial score (nSPS) is 10.8. The molecule has 0 unspecified atom stereocenters. The molecule has 0 aliphatic heterocycles. The highest BCUT2D eigenvalue weighted by molar-refractivity contribution is 7.99. The Morgan fingerprint density at radius 3 is 2.95 bits per heavy atom. The van der Waals surface area contributed by atoms with E-state index in [0.717, 1.165) is 18.2 Å². The van der Waals surface area contributed by atoms with E-state index in [9.17, 15) is 14.3 Å². The number of H-pyrrole nitrogens is 1. The second-order valence-electron chi connectivity index (χ2n) is 4.28. The first-order chi connectivity index (χ1) is 9.63. The number of aromatic nitrogens is 2. The smallest absolute Gasteiger partial charge is 0.251 e. The number of halogens is 1. The number of aliphatic hydroxyl groups is 1. The lowest BCUT2D eigenvalue weighted by Crippen LogP contribution is -2.10. The van der Waals surface area contributed by atoms with Gasteiger partial charge in [-0.2, -0.15) is 0 Å². The van der Waals surface area contributed by atoms with Crippen LogP contribution in [0.3, 0.4) is 0 Å². The largest absolute Gasteiger partial charge is 0.392 e. The SMILES string of the molecule is CCCc1cc(=O)[nH]c(Sc2c(F)cccc2CO)n1. The average Bonchev–Trinajstić information content (AvgIpc) is 2.41. The van der Waals surface area contributed by atoms with E-state index in [1.165, 1.54) is 18.2 Å². The second kappa shape index (κ2) is 6.67. The first-order valence-electron chi connectivity index (χ1n) is 6.30. The number of benzene rings is 1. The summed E-state index contributed by atoms with van der Waals surface area (Å²) in [5, 5.41) is 9.58. The summed E-state index contributed by atoms with van der Waals surface area (Å²) in [5.41, 5.74) is 0.895. The Bertz CT molecular complexity index is 658. The van der Waals surface area contributed by atoms with Gasteiger partial charge in [0, 0.05) is 11.8 Å². The molecule has 0 saturated carbocycles. The van der Waals surface area contributed by atoms with E-state index in [-0.39, 0.29) is 17.1 Å². The molecule has 1 aromatic carbocycles. The van der Waals surface area contributed by atoms with Crippen molar-refractivity contribution in [2.45, 2.75) is 36.4 Å². The van der Waals surface area contributed by atoms with Gasteiger partial charge in [-0.15, -0.1) is 0 Å². The van der Waals surface area contributed by atoms with Crippen LogP contribution in [0.5, 0.6) is 0 Å². The van der Waals surface area contributed by atoms with Gasteiger partial charge in [0.25, 0.3) is 5.56 Å². The fourth-order valence-electron chi connectivity index (χ4n) is 1.80. The summed E-state index contributed by atoms with van der Waals surface area (Å²) >= 11 is 1.02. The molecule has 0 radical (unpaired) electrons. The third kappa shape index (κ3) is 3.46. The molecule has 1 aromatic heterocycles. The van der Waals surface area contributed by atoms with Crippen molar-refractivity contribution in [1.29, 1.82) is 0 Å². The molecule has 0 spiro atoms. The van der Waals surface area contributed by atoms with Crippen molar-refractivity contribution in [3.8, 4) is 0 Å². The number of rotatable bonds is 5. The van der Waals surface area contributed by atoms with E-state index in [2.05, 4.69) is 9.97 Å². The molecule has 1 heterocycles. The Hall–Kier alpha value is -1.66. The monoisotopic (exact) mass is 294 g/mol. The van der Waals surface area contributed by atoms with E-state index in [0.29, 0.717) is 22.8 Å². The standard InChI is InChI=1S/C14H15FN2O2S/c1-2-4-10-7-12(19)17-14(16-10)20-13-9(8-18)5-3-6-11(13)15/h3,5-7,18H,2,4,8H2,1H3,(H,16,17,19). The van der Waals surface area contributed by atoms with Crippen molar-refractivity contribution >= 4 is 11.8 Å². The molecular formula is C14H15FN2O2S. The van der Waals surface area contributed by atoms with Crippen LogP contribution < -0.4 is 5.56 Å². The van der Waals surface area contributed by atoms with Crippen LogP contribution in [-0.4, -0.2) is 15.1 Å². The van der Waals surface area contributed by atoms with Crippen LogP contribution in [0.2, 0.25) is 0 Å². The van der Waals surface area contributed by atoms with Crippen molar-refractivity contribution in [2.24, 2.45) is 0 Å². The predicted molar refractivity (Wildman–Crippen MR) is 75.3 cm³/mol. The van der Waals surface area contributed by atoms with Crippen molar-refractivity contribution in [1.82, 2.24) is 9.97 Å². The summed E-state index contributed by atoms with van der Waals surface area (Å²) in [5.74, 6) is -0.440. The molecule has 0 atom stereocenters. The summed E-state index contributed by atoms with van der Waals surface area (Å²) in [6, 6.07) is 5.94. The van der Waals surface area contributed by atoms with Crippen LogP contribution >= 0.6 is 11.8 Å². The summed E-state index contributed by atoms with van der Waals surface area (Å²) in [4.78, 5) is 18.7. The number of aryl methyl sites for hydroxylation is 1. The highest BCUT2D eigenvalue weighted by Gasteiger charge is 2.11. The molecule has 2 aromatic rings. The fraction of sp³-hybridized carbons (Fsp3) is 0.286. The minimum Gasteiger partial charge on any atom is -0.392 e. The molecule has 2 N–H and O–H groups in total. The topological polar surface area (TPSA) is 66.0 Å². The minimum atomic E-state index is -0.440. The van der Waals surface area contributed by atoms with E-state index in [1.54, 1.807) is 6.07 Å². The van der Waals surface area contributed by atoms with Gasteiger partial charge in [-0.3, -0.25) is 4.79 Å². The Labute approximate surface area is 120 Å². The maximum Gasteiger partial charge on any atom is 0.251 e. The van der Waals surface area contributed by atoms with Gasteiger partial charge in [0.1, 0.15) is 5.82 Å². The summed E-state index contributed by atoms with van der Waals surface area (Å²) in [7, 11) is 0. The zero-order chi connectivity index (χ0) is 14.5. The van der Waals surface area contributed by atoms with Gasteiger partial charge in [0.2, 0.25) is 0 Å². The van der Waals surface area contributed by atoms with Gasteiger partial charge in [0.05, 0.1) is 11.5 Å². The number of aromatic amines is 1. The zero-order valence-electron chi connectivity index (χ0n) is 11.0. The van der Waals surface area contributed by atoms with Crippen LogP contribution in [0.4, 0.5) is 4.39 Å². The van der Waals surface area contributed by atoms with Crippen LogP contribution in [-0.2, 0) is 13.0 Å². The highest BCUT2D eigenvalue weighted by Crippen LogP contribution is 2.30. The molecule has 0 fully saturated rings. The fourth-order valence-corrected chi connectivity index (χ4v) is 2.74. The van der Waals surface area contributed by atoms with Crippen LogP contribution in [0.25, 0.3) is 0 Å². The number of nitrogens with zero attached hydrogens (tertiary/aromatic N) is 1. The predicted octanol–water partition coefficient (Wildman–Crippen LogP) is 2.51. The van der Waals surface area contributed by atoms with Gasteiger partial charge in [-0.05, 0) is 29.8 Å². The Morgan fingerprint density at radius 1 is 1.45 bits per heavy atom. The minimum absolute atomic E-state index is 0.257. The summed E-state index contributed by atoms with van der Waals surface area (Å²) < 4.78 is 13.8. The van der Waals surface area contributed by atoms with Crippen molar-refractivity contribution in [2.75, 3.05) is 0 Å². The molecule has 106 valence electrons. The van der Waals surface area contributed by atoms with E-state index < -0.39 is 5.82 Å². The molecular weight excluding hydrogens is 279 g/mol. The van der Waals surface area contributed by atoms with Crippen molar-refractivity contribution in [3.63, 3.8) is 0 Å². The highest BCUT2D eigenvalue weighted by atomic mass is 32.2. The van der Waals surface area contributed by atoms with Gasteiger partial charge in [-0.1, -0.05) is 25.5 Å². The van der Waals surface area contributed by atoms with Gasteiger partial charge in [-0.25, -0.2) is 9.37 Å². The maximum absolute atomic E-state index is 13.8. The van der Waals surface area contributed by atoms with E-state index in [4.69, 9.17) is 0 Å². The number of aliphatic hydroxyl groups excluding tert-OH is 1. The van der Waals surface area contributed by atoms with Crippen LogP contribution in [0.15, 0.2) is 39.1 Å². The quantitative estimate of drug-likeness (QED) is 0.832. The summed E-state index contributed by atoms with van der Waals surface area (Å²) in [6.07, 6.45) is 1.57. The lowest BCUT2D eigenvalue weighted by atomic mass is 10.2. The molecule has 0 aliphatic rings. The zero-order valence-corrected chi connectivity index (χ0v) is 11.8. The molecule has 6 heteroatoms. The van der Waals surface area contributed by atoms with E-state index in [1.807, 2.05) is 6.92 Å². The first-order valence-corrected chi connectivity index (χ1v) is 7.12. The molecule has 4 nitrogen and oxygen atoms in total. The van der Waals surface area contributed by atoms with Gasteiger partial charge in [0.15, 0.2) is 5.16 Å². The Kier molecular flexibility index (Phi) is 4.92. The first kappa shape index (κ1) is 14.7. The third-order valence-electron chi connectivity index (χ3n) is 2.70. The second-order valence-corrected chi connectivity index (χ2v) is 5.28. The van der Waals surface area contributed by atoms with Gasteiger partial charge >= 0.3 is 0 Å². The number of hydrogen-bond acceptors (Lipinski definition) is 4. The maximum atomic E-state index is 13.8. The molecule has 0 aliphatic carbocycles. The van der Waals surface area contributed by atoms with E-state index >= 15 is 0 Å². The number of nitrogens with one attached hydrogen (secondary N) is 1. The molecule has 2 rings (SSSR count). The Balaban J connectivity index is 2.37. The molecule has 0 amide bonds. The molecule has 0 bridgehead atoms. The third-order valence-corrected chi connectivity index (χ3v) is 3.74. The van der Waals surface area contributed by atoms with Crippen molar-refractivity contribution < 1.29 is 9.50 Å². The van der Waals surface area contributed by atoms with Crippen LogP contribution in [0.1, 0.15) is 24.6 Å². The molecule has 20 heavy (non-hydrogen) atoms. The number of hydrogen-bond donors (Lipinski definition) is 2. The molecule has 0 saturated heterocycles.